The van der Waals surface area contributed by atoms with Crippen LogP contribution >= 0.6 is 0 Å². The second-order valence-electron chi connectivity index (χ2n) is 8.41. The van der Waals surface area contributed by atoms with Crippen LogP contribution in [0.2, 0.25) is 0 Å². The first kappa shape index (κ1) is 17.0. The lowest BCUT2D eigenvalue weighted by molar-refractivity contribution is -0.116. The van der Waals surface area contributed by atoms with Crippen LogP contribution < -0.4 is 4.90 Å². The Labute approximate surface area is 150 Å². The van der Waals surface area contributed by atoms with Gasteiger partial charge in [0.2, 0.25) is 5.91 Å². The molecule has 1 aromatic rings. The Morgan fingerprint density at radius 3 is 2.60 bits per heavy atom. The lowest BCUT2D eigenvalue weighted by Gasteiger charge is -2.46. The van der Waals surface area contributed by atoms with Crippen LogP contribution in [0.1, 0.15) is 57.9 Å². The van der Waals surface area contributed by atoms with Gasteiger partial charge in [0.05, 0.1) is 0 Å². The van der Waals surface area contributed by atoms with E-state index in [2.05, 4.69) is 11.8 Å². The first-order valence-corrected chi connectivity index (χ1v) is 9.82. The highest BCUT2D eigenvalue weighted by Crippen LogP contribution is 2.48. The van der Waals surface area contributed by atoms with Crippen molar-refractivity contribution in [2.24, 2.45) is 5.92 Å². The average Bonchev–Trinajstić information content (AvgIpc) is 2.91. The summed E-state index contributed by atoms with van der Waals surface area (Å²) in [6, 6.07) is 5.66. The molecule has 0 bridgehead atoms. The monoisotopic (exact) mass is 344 g/mol. The van der Waals surface area contributed by atoms with Gasteiger partial charge in [0.15, 0.2) is 0 Å². The average molecular weight is 344 g/mol. The SMILES string of the molecule is CC(=O)N1CC2(CCN(C3CCCCC3C)CC2)c2cc(F)ccc21. The molecule has 0 N–H and O–H groups in total. The quantitative estimate of drug-likeness (QED) is 0.766. The predicted octanol–water partition coefficient (Wildman–Crippen LogP) is 4.10. The number of halogens is 1. The van der Waals surface area contributed by atoms with Crippen molar-refractivity contribution in [2.45, 2.75) is 63.8 Å². The molecular weight excluding hydrogens is 315 g/mol. The summed E-state index contributed by atoms with van der Waals surface area (Å²) in [5.41, 5.74) is 1.92. The molecule has 4 rings (SSSR count). The molecule has 1 aromatic carbocycles. The maximum absolute atomic E-state index is 13.9. The Kier molecular flexibility index (Phi) is 4.35. The fourth-order valence-electron chi connectivity index (χ4n) is 5.47. The molecule has 1 spiro atoms. The van der Waals surface area contributed by atoms with Gasteiger partial charge in [0.1, 0.15) is 5.82 Å². The minimum Gasteiger partial charge on any atom is -0.311 e. The highest BCUT2D eigenvalue weighted by atomic mass is 19.1. The number of carbonyl (C=O) groups excluding carboxylic acids is 1. The maximum Gasteiger partial charge on any atom is 0.223 e. The number of anilines is 1. The second-order valence-corrected chi connectivity index (χ2v) is 8.41. The van der Waals surface area contributed by atoms with Crippen molar-refractivity contribution in [3.05, 3.63) is 29.6 Å². The van der Waals surface area contributed by atoms with Crippen LogP contribution in [0.25, 0.3) is 0 Å². The van der Waals surface area contributed by atoms with Gasteiger partial charge in [-0.1, -0.05) is 19.8 Å². The number of benzene rings is 1. The van der Waals surface area contributed by atoms with Gasteiger partial charge in [-0.15, -0.1) is 0 Å². The van der Waals surface area contributed by atoms with Gasteiger partial charge in [0, 0.05) is 30.6 Å². The van der Waals surface area contributed by atoms with E-state index in [0.29, 0.717) is 6.04 Å². The summed E-state index contributed by atoms with van der Waals surface area (Å²) in [5, 5.41) is 0. The molecule has 2 unspecified atom stereocenters. The summed E-state index contributed by atoms with van der Waals surface area (Å²) < 4.78 is 13.9. The number of fused-ring (bicyclic) bond motifs is 2. The minimum absolute atomic E-state index is 0.0580. The molecular formula is C21H29FN2O. The summed E-state index contributed by atoms with van der Waals surface area (Å²) in [6.45, 7) is 6.86. The minimum atomic E-state index is -0.188. The van der Waals surface area contributed by atoms with E-state index in [1.807, 2.05) is 4.90 Å². The third-order valence-corrected chi connectivity index (χ3v) is 6.95. The molecule has 1 saturated heterocycles. The molecule has 3 nitrogen and oxygen atoms in total. The van der Waals surface area contributed by atoms with Gasteiger partial charge >= 0.3 is 0 Å². The van der Waals surface area contributed by atoms with E-state index >= 15 is 0 Å². The van der Waals surface area contributed by atoms with Crippen molar-refractivity contribution in [3.63, 3.8) is 0 Å². The molecule has 0 radical (unpaired) electrons. The highest BCUT2D eigenvalue weighted by molar-refractivity contribution is 5.94. The van der Waals surface area contributed by atoms with E-state index < -0.39 is 0 Å². The fraction of sp³-hybridized carbons (Fsp3) is 0.667. The molecule has 136 valence electrons. The first-order valence-electron chi connectivity index (χ1n) is 9.82. The number of likely N-dealkylation sites (tertiary alicyclic amines) is 1. The van der Waals surface area contributed by atoms with Gasteiger partial charge in [0.25, 0.3) is 0 Å². The van der Waals surface area contributed by atoms with Crippen molar-refractivity contribution >= 4 is 11.6 Å². The number of hydrogen-bond acceptors (Lipinski definition) is 2. The highest BCUT2D eigenvalue weighted by Gasteiger charge is 2.46. The smallest absolute Gasteiger partial charge is 0.223 e. The summed E-state index contributed by atoms with van der Waals surface area (Å²) in [6.07, 6.45) is 7.43. The number of rotatable bonds is 1. The Morgan fingerprint density at radius 2 is 1.92 bits per heavy atom. The maximum atomic E-state index is 13.9. The number of carbonyl (C=O) groups is 1. The lowest BCUT2D eigenvalue weighted by Crippen LogP contribution is -2.51. The Morgan fingerprint density at radius 1 is 1.20 bits per heavy atom. The van der Waals surface area contributed by atoms with E-state index in [0.717, 1.165) is 49.6 Å². The Hall–Kier alpha value is -1.42. The van der Waals surface area contributed by atoms with E-state index in [4.69, 9.17) is 0 Å². The number of piperidine rings is 1. The van der Waals surface area contributed by atoms with Gasteiger partial charge in [-0.3, -0.25) is 4.79 Å². The van der Waals surface area contributed by atoms with Crippen molar-refractivity contribution in [1.29, 1.82) is 0 Å². The number of nitrogens with zero attached hydrogens (tertiary/aromatic N) is 2. The van der Waals surface area contributed by atoms with Crippen molar-refractivity contribution in [2.75, 3.05) is 24.5 Å². The van der Waals surface area contributed by atoms with Crippen molar-refractivity contribution < 1.29 is 9.18 Å². The van der Waals surface area contributed by atoms with Crippen LogP contribution in [0.3, 0.4) is 0 Å². The topological polar surface area (TPSA) is 23.6 Å². The van der Waals surface area contributed by atoms with Crippen molar-refractivity contribution in [1.82, 2.24) is 4.90 Å². The van der Waals surface area contributed by atoms with Crippen LogP contribution in [-0.4, -0.2) is 36.5 Å². The normalized spacial score (nSPS) is 29.0. The van der Waals surface area contributed by atoms with Crippen molar-refractivity contribution in [3.8, 4) is 0 Å². The molecule has 1 aliphatic carbocycles. The molecule has 2 heterocycles. The predicted molar refractivity (Wildman–Crippen MR) is 98.3 cm³/mol. The van der Waals surface area contributed by atoms with Gasteiger partial charge < -0.3 is 9.80 Å². The van der Waals surface area contributed by atoms with Gasteiger partial charge in [-0.05, 0) is 68.5 Å². The molecule has 2 aliphatic heterocycles. The van der Waals surface area contributed by atoms with Crippen LogP contribution in [0, 0.1) is 11.7 Å². The van der Waals surface area contributed by atoms with Crippen LogP contribution in [0.4, 0.5) is 10.1 Å². The summed E-state index contributed by atoms with van der Waals surface area (Å²) in [7, 11) is 0. The van der Waals surface area contributed by atoms with E-state index in [1.165, 1.54) is 31.7 Å². The van der Waals surface area contributed by atoms with Gasteiger partial charge in [-0.25, -0.2) is 4.39 Å². The van der Waals surface area contributed by atoms with Crippen LogP contribution in [0.5, 0.6) is 0 Å². The molecule has 3 aliphatic rings. The van der Waals surface area contributed by atoms with E-state index in [9.17, 15) is 9.18 Å². The molecule has 1 amide bonds. The Bertz CT molecular complexity index is 666. The second kappa shape index (κ2) is 6.39. The van der Waals surface area contributed by atoms with E-state index in [1.54, 1.807) is 19.1 Å². The largest absolute Gasteiger partial charge is 0.311 e. The zero-order valence-electron chi connectivity index (χ0n) is 15.4. The molecule has 0 aromatic heterocycles. The Balaban J connectivity index is 1.56. The molecule has 2 fully saturated rings. The van der Waals surface area contributed by atoms with Gasteiger partial charge in [-0.2, -0.15) is 0 Å². The molecule has 2 atom stereocenters. The number of hydrogen-bond donors (Lipinski definition) is 0. The summed E-state index contributed by atoms with van der Waals surface area (Å²) in [5.74, 6) is 0.657. The molecule has 4 heteroatoms. The first-order chi connectivity index (χ1) is 12.0. The molecule has 1 saturated carbocycles. The third kappa shape index (κ3) is 2.88. The number of amides is 1. The zero-order valence-corrected chi connectivity index (χ0v) is 15.4. The zero-order chi connectivity index (χ0) is 17.6. The fourth-order valence-corrected chi connectivity index (χ4v) is 5.47. The summed E-state index contributed by atoms with van der Waals surface area (Å²) in [4.78, 5) is 16.6. The standard InChI is InChI=1S/C21H29FN2O/c1-15-5-3-4-6-19(15)23-11-9-21(10-12-23)14-24(16(2)25)20-8-7-17(22)13-18(20)21/h7-8,13,15,19H,3-6,9-12,14H2,1-2H3. The lowest BCUT2D eigenvalue weighted by atomic mass is 9.73. The summed E-state index contributed by atoms with van der Waals surface area (Å²) >= 11 is 0. The van der Waals surface area contributed by atoms with Crippen LogP contribution in [0.15, 0.2) is 18.2 Å². The molecule has 25 heavy (non-hydrogen) atoms. The van der Waals surface area contributed by atoms with Crippen LogP contribution in [-0.2, 0) is 10.2 Å². The third-order valence-electron chi connectivity index (χ3n) is 6.95. The van der Waals surface area contributed by atoms with E-state index in [-0.39, 0.29) is 17.1 Å².